The normalized spacial score (nSPS) is 19.3. The minimum atomic E-state index is -6.14. The van der Waals surface area contributed by atoms with Crippen molar-refractivity contribution in [1.82, 2.24) is 14.9 Å². The van der Waals surface area contributed by atoms with Gasteiger partial charge in [-0.2, -0.15) is 26.3 Å². The van der Waals surface area contributed by atoms with E-state index in [4.69, 9.17) is 0 Å². The highest BCUT2D eigenvalue weighted by atomic mass is 32.2. The Bertz CT molecular complexity index is 1880. The molecule has 8 nitrogen and oxygen atoms in total. The van der Waals surface area contributed by atoms with Crippen molar-refractivity contribution < 1.29 is 49.1 Å². The summed E-state index contributed by atoms with van der Waals surface area (Å²) >= 11 is 0. The van der Waals surface area contributed by atoms with Crippen LogP contribution in [0.3, 0.4) is 0 Å². The van der Waals surface area contributed by atoms with Crippen LogP contribution in [0, 0.1) is 5.82 Å². The summed E-state index contributed by atoms with van der Waals surface area (Å²) in [6.45, 7) is 0.353. The molecule has 1 saturated heterocycles. The number of amides is 1. The molecule has 0 aliphatic carbocycles. The smallest absolute Gasteiger partial charge is 0.369 e. The number of anilines is 1. The van der Waals surface area contributed by atoms with Crippen molar-refractivity contribution in [1.29, 1.82) is 0 Å². The van der Waals surface area contributed by atoms with E-state index in [2.05, 4.69) is 9.97 Å². The van der Waals surface area contributed by atoms with Crippen LogP contribution < -0.4 is 4.31 Å². The van der Waals surface area contributed by atoms with Crippen molar-refractivity contribution in [2.45, 2.75) is 67.0 Å². The summed E-state index contributed by atoms with van der Waals surface area (Å²) in [4.78, 5) is 22.8. The van der Waals surface area contributed by atoms with Gasteiger partial charge in [-0.15, -0.1) is 0 Å². The second-order valence-corrected chi connectivity index (χ2v) is 13.4. The van der Waals surface area contributed by atoms with Crippen molar-refractivity contribution in [3.05, 3.63) is 89.5 Å². The van der Waals surface area contributed by atoms with E-state index in [9.17, 15) is 49.1 Å². The number of carbonyl (C=O) groups is 1. The molecule has 2 atom stereocenters. The van der Waals surface area contributed by atoms with Gasteiger partial charge in [-0.1, -0.05) is 24.3 Å². The molecule has 250 valence electrons. The number of para-hydroxylation sites is 2. The van der Waals surface area contributed by atoms with Crippen molar-refractivity contribution in [2.75, 3.05) is 10.8 Å². The first-order chi connectivity index (χ1) is 22.0. The lowest BCUT2D eigenvalue weighted by molar-refractivity contribution is -0.376. The Hall–Kier alpha value is -4.18. The number of nitrogens with one attached hydrogen (secondary N) is 1. The molecule has 1 aromatic heterocycles. The highest BCUT2D eigenvalue weighted by Gasteiger charge is 2.71. The van der Waals surface area contributed by atoms with Crippen LogP contribution in [0.2, 0.25) is 0 Å². The van der Waals surface area contributed by atoms with Crippen molar-refractivity contribution in [2.24, 2.45) is 0 Å². The Kier molecular flexibility index (Phi) is 8.02. The molecule has 16 heteroatoms. The van der Waals surface area contributed by atoms with E-state index in [1.807, 2.05) is 24.3 Å². The van der Waals surface area contributed by atoms with Crippen LogP contribution >= 0.6 is 0 Å². The Balaban J connectivity index is 1.37. The number of hydrogen-bond donors (Lipinski definition) is 2. The molecule has 2 unspecified atom stereocenters. The fraction of sp³-hybridized carbons (Fsp3) is 0.355. The number of fused-ring (bicyclic) bond motifs is 2. The third kappa shape index (κ3) is 5.60. The Morgan fingerprint density at radius 2 is 1.64 bits per heavy atom. The van der Waals surface area contributed by atoms with Gasteiger partial charge in [-0.25, -0.2) is 17.8 Å². The molecule has 6 rings (SSSR count). The predicted molar refractivity (Wildman–Crippen MR) is 155 cm³/mol. The average molecular weight is 685 g/mol. The van der Waals surface area contributed by atoms with Crippen LogP contribution in [-0.4, -0.2) is 59.2 Å². The number of rotatable bonds is 6. The van der Waals surface area contributed by atoms with Crippen LogP contribution in [0.15, 0.2) is 71.6 Å². The van der Waals surface area contributed by atoms with E-state index < -0.39 is 62.2 Å². The molecule has 2 N–H and O–H groups in total. The summed E-state index contributed by atoms with van der Waals surface area (Å²) in [5, 5.41) is 9.97. The standard InChI is InChI=1S/C31H27F7N4O4S/c32-20-9-12-22(13-10-20)47(45,46)42-21(11-7-18-16-19(8-14-25(18)42)29(44,30(33,34)35)31(36,37)38)17-27(43)41-15-3-6-26(41)28-39-23-4-1-2-5-24(23)40-28/h1-2,4-5,8-10,12-14,16,21,26,44H,3,6-7,11,15,17H2,(H,39,40). The second-order valence-electron chi connectivity index (χ2n) is 11.6. The number of aliphatic hydroxyl groups is 1. The minimum absolute atomic E-state index is 0.151. The number of benzene rings is 3. The first-order valence-electron chi connectivity index (χ1n) is 14.6. The Labute approximate surface area is 263 Å². The summed E-state index contributed by atoms with van der Waals surface area (Å²) in [6, 6.07) is 11.1. The van der Waals surface area contributed by atoms with Gasteiger partial charge < -0.3 is 15.0 Å². The molecule has 3 heterocycles. The van der Waals surface area contributed by atoms with E-state index in [0.717, 1.165) is 40.2 Å². The van der Waals surface area contributed by atoms with Crippen molar-refractivity contribution >= 4 is 32.7 Å². The molecule has 2 aliphatic heterocycles. The number of aromatic nitrogens is 2. The summed E-state index contributed by atoms with van der Waals surface area (Å²) in [6.07, 6.45) is -11.8. The van der Waals surface area contributed by atoms with E-state index in [1.54, 1.807) is 4.90 Å². The molecule has 47 heavy (non-hydrogen) atoms. The van der Waals surface area contributed by atoms with Crippen LogP contribution in [0.1, 0.15) is 48.7 Å². The van der Waals surface area contributed by atoms with Gasteiger partial charge in [0.25, 0.3) is 15.6 Å². The maximum absolute atomic E-state index is 14.0. The number of alkyl halides is 6. The van der Waals surface area contributed by atoms with E-state index in [1.165, 1.54) is 0 Å². The molecule has 0 bridgehead atoms. The van der Waals surface area contributed by atoms with Crippen LogP contribution in [0.25, 0.3) is 11.0 Å². The lowest BCUT2D eigenvalue weighted by Crippen LogP contribution is -2.54. The van der Waals surface area contributed by atoms with Gasteiger partial charge in [0.05, 0.1) is 33.7 Å². The number of nitrogens with zero attached hydrogens (tertiary/aromatic N) is 3. The first-order valence-corrected chi connectivity index (χ1v) is 16.0. The second kappa shape index (κ2) is 11.5. The van der Waals surface area contributed by atoms with Gasteiger partial charge in [0.2, 0.25) is 5.91 Å². The molecular formula is C31H27F7N4O4S. The molecule has 0 radical (unpaired) electrons. The minimum Gasteiger partial charge on any atom is -0.369 e. The van der Waals surface area contributed by atoms with Crippen LogP contribution in [-0.2, 0) is 26.8 Å². The average Bonchev–Trinajstić information content (AvgIpc) is 3.67. The highest BCUT2D eigenvalue weighted by molar-refractivity contribution is 7.92. The van der Waals surface area contributed by atoms with E-state index >= 15 is 0 Å². The fourth-order valence-electron chi connectivity index (χ4n) is 6.38. The van der Waals surface area contributed by atoms with E-state index in [0.29, 0.717) is 42.9 Å². The third-order valence-electron chi connectivity index (χ3n) is 8.71. The quantitative estimate of drug-likeness (QED) is 0.233. The lowest BCUT2D eigenvalue weighted by Gasteiger charge is -2.39. The zero-order valence-electron chi connectivity index (χ0n) is 24.3. The Morgan fingerprint density at radius 1 is 0.957 bits per heavy atom. The topological polar surface area (TPSA) is 107 Å². The van der Waals surface area contributed by atoms with Crippen LogP contribution in [0.4, 0.5) is 36.4 Å². The summed E-state index contributed by atoms with van der Waals surface area (Å²) < 4.78 is 124. The number of likely N-dealkylation sites (tertiary alicyclic amines) is 1. The Morgan fingerprint density at radius 3 is 2.30 bits per heavy atom. The van der Waals surface area contributed by atoms with Gasteiger partial charge in [0.1, 0.15) is 11.6 Å². The maximum Gasteiger partial charge on any atom is 0.430 e. The van der Waals surface area contributed by atoms with Gasteiger partial charge in [-0.3, -0.25) is 9.10 Å². The largest absolute Gasteiger partial charge is 0.430 e. The molecule has 0 saturated carbocycles. The third-order valence-corrected chi connectivity index (χ3v) is 10.6. The SMILES string of the molecule is O=C(CC1CCc2cc(C(O)(C(F)(F)F)C(F)(F)F)ccc2N1S(=O)(=O)c1ccc(F)cc1)N1CCCC1c1nc2ccccc2[nH]1. The van der Waals surface area contributed by atoms with Crippen LogP contribution in [0.5, 0.6) is 0 Å². The monoisotopic (exact) mass is 684 g/mol. The van der Waals surface area contributed by atoms with Gasteiger partial charge in [-0.05, 0) is 73.7 Å². The number of aryl methyl sites for hydroxylation is 1. The molecule has 3 aromatic carbocycles. The number of carbonyl (C=O) groups excluding carboxylic acids is 1. The van der Waals surface area contributed by atoms with Crippen molar-refractivity contribution in [3.8, 4) is 0 Å². The number of H-pyrrole nitrogens is 1. The molecule has 1 amide bonds. The predicted octanol–water partition coefficient (Wildman–Crippen LogP) is 6.28. The molecule has 1 fully saturated rings. The lowest BCUT2D eigenvalue weighted by atomic mass is 9.87. The molecular weight excluding hydrogens is 657 g/mol. The number of aromatic amines is 1. The zero-order chi connectivity index (χ0) is 33.9. The maximum atomic E-state index is 14.0. The molecule has 0 spiro atoms. The van der Waals surface area contributed by atoms with Gasteiger partial charge >= 0.3 is 12.4 Å². The molecule has 4 aromatic rings. The first kappa shape index (κ1) is 32.7. The van der Waals surface area contributed by atoms with Gasteiger partial charge in [0, 0.05) is 18.5 Å². The molecule has 2 aliphatic rings. The van der Waals surface area contributed by atoms with Gasteiger partial charge in [0.15, 0.2) is 0 Å². The number of sulfonamides is 1. The zero-order valence-corrected chi connectivity index (χ0v) is 25.1. The summed E-state index contributed by atoms with van der Waals surface area (Å²) in [5.74, 6) is -0.624. The number of hydrogen-bond acceptors (Lipinski definition) is 5. The fourth-order valence-corrected chi connectivity index (χ4v) is 8.10. The highest BCUT2D eigenvalue weighted by Crippen LogP contribution is 2.51. The number of halogens is 7. The summed E-state index contributed by atoms with van der Waals surface area (Å²) in [5.41, 5.74) is -5.76. The van der Waals surface area contributed by atoms with Crippen molar-refractivity contribution in [3.63, 3.8) is 0 Å². The van der Waals surface area contributed by atoms with E-state index in [-0.39, 0.29) is 30.5 Å². The number of imidazole rings is 1. The summed E-state index contributed by atoms with van der Waals surface area (Å²) in [7, 11) is -4.63.